The Morgan fingerprint density at radius 1 is 0.326 bits per heavy atom. The molecule has 0 aliphatic heterocycles. The van der Waals surface area contributed by atoms with E-state index in [0.29, 0.717) is 0 Å². The highest BCUT2D eigenvalue weighted by molar-refractivity contribution is 6.05. The van der Waals surface area contributed by atoms with Crippen LogP contribution in [0.25, 0.3) is 55.2 Å². The zero-order valence-corrected chi connectivity index (χ0v) is 23.7. The van der Waals surface area contributed by atoms with Crippen LogP contribution in [0.1, 0.15) is 11.1 Å². The number of fused-ring (bicyclic) bond motifs is 4. The van der Waals surface area contributed by atoms with Gasteiger partial charge in [-0.05, 0) is 85.9 Å². The number of rotatable bonds is 5. The molecule has 8 aromatic rings. The maximum Gasteiger partial charge on any atom is 0.0540 e. The average molecular weight is 548 g/mol. The van der Waals surface area contributed by atoms with Gasteiger partial charge in [-0.3, -0.25) is 0 Å². The molecule has 8 rings (SSSR count). The third kappa shape index (κ3) is 4.71. The van der Waals surface area contributed by atoms with E-state index in [-0.39, 0.29) is 0 Å². The van der Waals surface area contributed by atoms with Crippen molar-refractivity contribution in [3.63, 3.8) is 0 Å². The molecule has 0 atom stereocenters. The third-order valence-corrected chi connectivity index (χ3v) is 8.36. The average Bonchev–Trinajstić information content (AvgIpc) is 3.07. The summed E-state index contributed by atoms with van der Waals surface area (Å²) in [4.78, 5) is 2.39. The zero-order chi connectivity index (χ0) is 28.6. The van der Waals surface area contributed by atoms with Crippen molar-refractivity contribution in [1.82, 2.24) is 0 Å². The van der Waals surface area contributed by atoms with Crippen LogP contribution >= 0.6 is 0 Å². The lowest BCUT2D eigenvalue weighted by atomic mass is 10.0. The first-order chi connectivity index (χ1) is 21.3. The van der Waals surface area contributed by atoms with E-state index >= 15 is 0 Å². The maximum atomic E-state index is 2.39. The summed E-state index contributed by atoms with van der Waals surface area (Å²) in [5, 5.41) is 9.99. The first-order valence-corrected chi connectivity index (χ1v) is 14.8. The molecule has 0 unspecified atom stereocenters. The standard InChI is InChI=1S/C42H29N/c1-2-12-35-29-37-27-31(21-24-36(37)28-34(35)11-1)20-19-30-22-25-38(26-23-30)43(41-17-7-13-32-9-3-5-15-39(32)41)42-18-8-14-33-10-4-6-16-40(33)42/h1-29H/b20-19+. The van der Waals surface area contributed by atoms with Crippen LogP contribution in [0.15, 0.2) is 164 Å². The molecule has 0 N–H and O–H groups in total. The van der Waals surface area contributed by atoms with Crippen molar-refractivity contribution in [2.45, 2.75) is 0 Å². The molecule has 0 aromatic heterocycles. The van der Waals surface area contributed by atoms with E-state index in [1.54, 1.807) is 0 Å². The molecule has 8 aromatic carbocycles. The van der Waals surface area contributed by atoms with Crippen LogP contribution in [-0.2, 0) is 0 Å². The fourth-order valence-electron chi connectivity index (χ4n) is 6.20. The van der Waals surface area contributed by atoms with Crippen molar-refractivity contribution >= 4 is 72.3 Å². The Hall–Kier alpha value is -5.66. The largest absolute Gasteiger partial charge is 0.309 e. The molecule has 202 valence electrons. The Kier molecular flexibility index (Phi) is 6.20. The fourth-order valence-corrected chi connectivity index (χ4v) is 6.20. The van der Waals surface area contributed by atoms with E-state index in [4.69, 9.17) is 0 Å². The predicted molar refractivity (Wildman–Crippen MR) is 187 cm³/mol. The van der Waals surface area contributed by atoms with E-state index in [0.717, 1.165) is 11.3 Å². The van der Waals surface area contributed by atoms with E-state index in [1.165, 1.54) is 60.0 Å². The maximum absolute atomic E-state index is 2.39. The summed E-state index contributed by atoms with van der Waals surface area (Å²) in [6.07, 6.45) is 4.41. The highest BCUT2D eigenvalue weighted by atomic mass is 15.1. The quantitative estimate of drug-likeness (QED) is 0.153. The van der Waals surface area contributed by atoms with Crippen molar-refractivity contribution in [2.75, 3.05) is 4.90 Å². The molecular formula is C42H29N. The van der Waals surface area contributed by atoms with Gasteiger partial charge in [0.05, 0.1) is 11.4 Å². The van der Waals surface area contributed by atoms with E-state index in [1.807, 2.05) is 0 Å². The van der Waals surface area contributed by atoms with Crippen LogP contribution < -0.4 is 4.90 Å². The van der Waals surface area contributed by atoms with Gasteiger partial charge in [-0.15, -0.1) is 0 Å². The molecule has 43 heavy (non-hydrogen) atoms. The molecule has 0 fully saturated rings. The lowest BCUT2D eigenvalue weighted by Crippen LogP contribution is -2.11. The van der Waals surface area contributed by atoms with Gasteiger partial charge in [-0.1, -0.05) is 133 Å². The van der Waals surface area contributed by atoms with Gasteiger partial charge in [0.2, 0.25) is 0 Å². The smallest absolute Gasteiger partial charge is 0.0540 e. The summed E-state index contributed by atoms with van der Waals surface area (Å²) in [5.41, 5.74) is 5.82. The molecule has 0 aliphatic carbocycles. The zero-order valence-electron chi connectivity index (χ0n) is 23.7. The fraction of sp³-hybridized carbons (Fsp3) is 0. The van der Waals surface area contributed by atoms with Crippen LogP contribution in [-0.4, -0.2) is 0 Å². The summed E-state index contributed by atoms with van der Waals surface area (Å²) in [6, 6.07) is 59.1. The van der Waals surface area contributed by atoms with Crippen LogP contribution in [0.4, 0.5) is 17.1 Å². The van der Waals surface area contributed by atoms with Gasteiger partial charge in [0, 0.05) is 16.5 Å². The second-order valence-electron chi connectivity index (χ2n) is 11.1. The second kappa shape index (κ2) is 10.6. The van der Waals surface area contributed by atoms with Gasteiger partial charge in [0.25, 0.3) is 0 Å². The van der Waals surface area contributed by atoms with Crippen molar-refractivity contribution in [2.24, 2.45) is 0 Å². The van der Waals surface area contributed by atoms with Gasteiger partial charge in [0.1, 0.15) is 0 Å². The van der Waals surface area contributed by atoms with E-state index in [9.17, 15) is 0 Å². The minimum atomic E-state index is 1.13. The Morgan fingerprint density at radius 3 is 1.42 bits per heavy atom. The Balaban J connectivity index is 1.18. The van der Waals surface area contributed by atoms with Gasteiger partial charge in [-0.2, -0.15) is 0 Å². The van der Waals surface area contributed by atoms with Gasteiger partial charge >= 0.3 is 0 Å². The minimum absolute atomic E-state index is 1.13. The molecule has 1 heteroatoms. The van der Waals surface area contributed by atoms with Crippen LogP contribution in [0.2, 0.25) is 0 Å². The molecule has 0 aliphatic rings. The molecular weight excluding hydrogens is 518 g/mol. The number of benzene rings is 8. The Bertz CT molecular complexity index is 2200. The molecule has 1 nitrogen and oxygen atoms in total. The van der Waals surface area contributed by atoms with Crippen LogP contribution in [0.3, 0.4) is 0 Å². The first-order valence-electron chi connectivity index (χ1n) is 14.8. The van der Waals surface area contributed by atoms with E-state index < -0.39 is 0 Å². The SMILES string of the molecule is C(=C\c1ccc2cc3ccccc3cc2c1)/c1ccc(N(c2cccc3ccccc23)c2cccc3ccccc23)cc1. The molecule has 0 radical (unpaired) electrons. The van der Waals surface area contributed by atoms with Gasteiger partial charge < -0.3 is 4.90 Å². The molecule has 0 spiro atoms. The summed E-state index contributed by atoms with van der Waals surface area (Å²) in [6.45, 7) is 0. The molecule has 0 saturated heterocycles. The van der Waals surface area contributed by atoms with Gasteiger partial charge in [-0.25, -0.2) is 0 Å². The lowest BCUT2D eigenvalue weighted by molar-refractivity contribution is 1.31. The summed E-state index contributed by atoms with van der Waals surface area (Å²) >= 11 is 0. The number of anilines is 3. The highest BCUT2D eigenvalue weighted by Crippen LogP contribution is 2.41. The van der Waals surface area contributed by atoms with Crippen molar-refractivity contribution in [3.8, 4) is 0 Å². The molecule has 0 amide bonds. The topological polar surface area (TPSA) is 3.24 Å². The highest BCUT2D eigenvalue weighted by Gasteiger charge is 2.17. The Morgan fingerprint density at radius 2 is 0.791 bits per heavy atom. The van der Waals surface area contributed by atoms with Crippen molar-refractivity contribution in [3.05, 3.63) is 175 Å². The predicted octanol–water partition coefficient (Wildman–Crippen LogP) is 11.9. The number of hydrogen-bond donors (Lipinski definition) is 0. The van der Waals surface area contributed by atoms with Crippen LogP contribution in [0.5, 0.6) is 0 Å². The molecule has 0 heterocycles. The van der Waals surface area contributed by atoms with Crippen molar-refractivity contribution < 1.29 is 0 Å². The van der Waals surface area contributed by atoms with Crippen molar-refractivity contribution in [1.29, 1.82) is 0 Å². The lowest BCUT2D eigenvalue weighted by Gasteiger charge is -2.28. The monoisotopic (exact) mass is 547 g/mol. The van der Waals surface area contributed by atoms with Crippen LogP contribution in [0, 0.1) is 0 Å². The first kappa shape index (κ1) is 25.1. The van der Waals surface area contributed by atoms with E-state index in [2.05, 4.69) is 181 Å². The molecule has 0 bridgehead atoms. The third-order valence-electron chi connectivity index (χ3n) is 8.36. The summed E-state index contributed by atoms with van der Waals surface area (Å²) in [7, 11) is 0. The Labute approximate surface area is 251 Å². The minimum Gasteiger partial charge on any atom is -0.309 e. The summed E-state index contributed by atoms with van der Waals surface area (Å²) < 4.78 is 0. The second-order valence-corrected chi connectivity index (χ2v) is 11.1. The molecule has 0 saturated carbocycles. The number of nitrogens with zero attached hydrogens (tertiary/aromatic N) is 1. The van der Waals surface area contributed by atoms with Gasteiger partial charge in [0.15, 0.2) is 0 Å². The summed E-state index contributed by atoms with van der Waals surface area (Å²) in [5.74, 6) is 0. The normalized spacial score (nSPS) is 11.6. The number of hydrogen-bond acceptors (Lipinski definition) is 1.